The smallest absolute Gasteiger partial charge is 0.329 e. The lowest BCUT2D eigenvalue weighted by Gasteiger charge is -2.18. The summed E-state index contributed by atoms with van der Waals surface area (Å²) in [5, 5.41) is 16.5. The molecule has 21 heavy (non-hydrogen) atoms. The molecule has 1 heterocycles. The van der Waals surface area contributed by atoms with Crippen LogP contribution in [-0.2, 0) is 4.79 Å². The van der Waals surface area contributed by atoms with Crippen LogP contribution in [0.1, 0.15) is 13.8 Å². The summed E-state index contributed by atoms with van der Waals surface area (Å²) in [6.45, 7) is 4.50. The number of anilines is 2. The fraction of sp³-hybridized carbons (Fsp3) is 0.583. The fourth-order valence-corrected chi connectivity index (χ4v) is 1.56. The van der Waals surface area contributed by atoms with Crippen LogP contribution in [0.25, 0.3) is 0 Å². The number of amides is 1. The summed E-state index contributed by atoms with van der Waals surface area (Å²) >= 11 is 0. The van der Waals surface area contributed by atoms with Gasteiger partial charge in [0, 0.05) is 20.6 Å². The van der Waals surface area contributed by atoms with E-state index in [9.17, 15) is 14.9 Å². The van der Waals surface area contributed by atoms with Crippen LogP contribution >= 0.6 is 0 Å². The molecule has 0 aliphatic heterocycles. The van der Waals surface area contributed by atoms with Crippen LogP contribution in [0.2, 0.25) is 0 Å². The first kappa shape index (κ1) is 16.6. The van der Waals surface area contributed by atoms with E-state index in [0.29, 0.717) is 12.5 Å². The fourth-order valence-electron chi connectivity index (χ4n) is 1.56. The summed E-state index contributed by atoms with van der Waals surface area (Å²) in [4.78, 5) is 31.5. The maximum Gasteiger partial charge on any atom is 0.329 e. The summed E-state index contributed by atoms with van der Waals surface area (Å²) < 4.78 is 0. The zero-order valence-corrected chi connectivity index (χ0v) is 12.6. The molecule has 0 unspecified atom stereocenters. The van der Waals surface area contributed by atoms with E-state index in [1.807, 2.05) is 13.8 Å². The van der Waals surface area contributed by atoms with E-state index in [1.165, 1.54) is 4.90 Å². The van der Waals surface area contributed by atoms with Crippen molar-refractivity contribution in [1.29, 1.82) is 0 Å². The Morgan fingerprint density at radius 1 is 1.52 bits per heavy atom. The van der Waals surface area contributed by atoms with Crippen molar-refractivity contribution in [1.82, 2.24) is 15.3 Å². The number of likely N-dealkylation sites (N-methyl/N-ethyl adjacent to an activating group) is 1. The molecule has 9 nitrogen and oxygen atoms in total. The minimum Gasteiger partial charge on any atom is -0.357 e. The number of nitrogens with zero attached hydrogens (tertiary/aromatic N) is 4. The molecular weight excluding hydrogens is 276 g/mol. The molecule has 0 bridgehead atoms. The van der Waals surface area contributed by atoms with E-state index >= 15 is 0 Å². The van der Waals surface area contributed by atoms with Crippen molar-refractivity contribution in [3.05, 3.63) is 16.3 Å². The lowest BCUT2D eigenvalue weighted by Crippen LogP contribution is -2.37. The van der Waals surface area contributed by atoms with Crippen LogP contribution in [0.15, 0.2) is 6.20 Å². The number of rotatable bonds is 7. The maximum atomic E-state index is 11.8. The molecule has 1 aromatic rings. The third-order valence-corrected chi connectivity index (χ3v) is 2.62. The van der Waals surface area contributed by atoms with E-state index < -0.39 is 4.92 Å². The number of aromatic nitrogens is 2. The van der Waals surface area contributed by atoms with Crippen molar-refractivity contribution < 1.29 is 9.72 Å². The quantitative estimate of drug-likeness (QED) is 0.560. The molecule has 0 spiro atoms. The van der Waals surface area contributed by atoms with Crippen LogP contribution in [0.3, 0.4) is 0 Å². The van der Waals surface area contributed by atoms with Crippen LogP contribution in [0.5, 0.6) is 0 Å². The van der Waals surface area contributed by atoms with Crippen LogP contribution < -0.4 is 15.5 Å². The molecule has 1 amide bonds. The van der Waals surface area contributed by atoms with E-state index in [4.69, 9.17) is 0 Å². The van der Waals surface area contributed by atoms with Gasteiger partial charge in [-0.05, 0) is 5.92 Å². The number of hydrogen-bond donors (Lipinski definition) is 2. The van der Waals surface area contributed by atoms with Crippen molar-refractivity contribution in [3.8, 4) is 0 Å². The number of carbonyl (C=O) groups excluding carboxylic acids is 1. The van der Waals surface area contributed by atoms with Gasteiger partial charge in [0.15, 0.2) is 0 Å². The van der Waals surface area contributed by atoms with Gasteiger partial charge >= 0.3 is 5.69 Å². The summed E-state index contributed by atoms with van der Waals surface area (Å²) in [6.07, 6.45) is 1.12. The number of hydrogen-bond acceptors (Lipinski definition) is 7. The first-order valence-electron chi connectivity index (χ1n) is 6.52. The average molecular weight is 296 g/mol. The third-order valence-electron chi connectivity index (χ3n) is 2.62. The standard InChI is InChI=1S/C12H20N6O3/c1-8(2)5-14-10(19)7-17(4)11-9(18(20)21)6-15-12(13-3)16-11/h6,8H,5,7H2,1-4H3,(H,14,19)(H,13,15,16). The van der Waals surface area contributed by atoms with Gasteiger partial charge < -0.3 is 15.5 Å². The van der Waals surface area contributed by atoms with Crippen LogP contribution in [-0.4, -0.2) is 48.0 Å². The third kappa shape index (κ3) is 4.86. The molecule has 9 heteroatoms. The van der Waals surface area contributed by atoms with Gasteiger partial charge in [-0.3, -0.25) is 14.9 Å². The summed E-state index contributed by atoms with van der Waals surface area (Å²) in [5.74, 6) is 0.470. The SMILES string of the molecule is CNc1ncc([N+](=O)[O-])c(N(C)CC(=O)NCC(C)C)n1. The zero-order valence-electron chi connectivity index (χ0n) is 12.6. The molecule has 0 aliphatic carbocycles. The largest absolute Gasteiger partial charge is 0.357 e. The average Bonchev–Trinajstić information content (AvgIpc) is 2.44. The van der Waals surface area contributed by atoms with Gasteiger partial charge in [-0.15, -0.1) is 0 Å². The molecule has 2 N–H and O–H groups in total. The molecular formula is C12H20N6O3. The van der Waals surface area contributed by atoms with Crippen molar-refractivity contribution in [2.75, 3.05) is 37.4 Å². The van der Waals surface area contributed by atoms with Gasteiger partial charge in [-0.1, -0.05) is 13.8 Å². The Morgan fingerprint density at radius 2 is 2.19 bits per heavy atom. The molecule has 0 saturated heterocycles. The normalized spacial score (nSPS) is 10.3. The second-order valence-electron chi connectivity index (χ2n) is 4.96. The molecule has 0 radical (unpaired) electrons. The van der Waals surface area contributed by atoms with E-state index in [1.54, 1.807) is 14.1 Å². The van der Waals surface area contributed by atoms with Gasteiger partial charge in [0.25, 0.3) is 0 Å². The molecule has 1 rings (SSSR count). The second-order valence-corrected chi connectivity index (χ2v) is 4.96. The molecule has 0 atom stereocenters. The highest BCUT2D eigenvalue weighted by Crippen LogP contribution is 2.24. The maximum absolute atomic E-state index is 11.8. The molecule has 0 saturated carbocycles. The number of nitro groups is 1. The van der Waals surface area contributed by atoms with Gasteiger partial charge in [0.1, 0.15) is 6.20 Å². The second kappa shape index (κ2) is 7.36. The van der Waals surface area contributed by atoms with Gasteiger partial charge in [0.05, 0.1) is 11.5 Å². The van der Waals surface area contributed by atoms with Gasteiger partial charge in [0.2, 0.25) is 17.7 Å². The van der Waals surface area contributed by atoms with Crippen molar-refractivity contribution in [3.63, 3.8) is 0 Å². The van der Waals surface area contributed by atoms with Crippen molar-refractivity contribution >= 4 is 23.4 Å². The predicted molar refractivity (Wildman–Crippen MR) is 79.4 cm³/mol. The first-order valence-corrected chi connectivity index (χ1v) is 6.52. The summed E-state index contributed by atoms with van der Waals surface area (Å²) in [6, 6.07) is 0. The molecule has 1 aromatic heterocycles. The Kier molecular flexibility index (Phi) is 5.82. The summed E-state index contributed by atoms with van der Waals surface area (Å²) in [7, 11) is 3.18. The van der Waals surface area contributed by atoms with Crippen molar-refractivity contribution in [2.24, 2.45) is 5.92 Å². The van der Waals surface area contributed by atoms with Crippen molar-refractivity contribution in [2.45, 2.75) is 13.8 Å². The minimum atomic E-state index is -0.572. The molecule has 0 aliphatic rings. The Labute approximate surface area is 122 Å². The molecule has 0 aromatic carbocycles. The van der Waals surface area contributed by atoms with E-state index in [-0.39, 0.29) is 29.9 Å². The number of nitrogens with one attached hydrogen (secondary N) is 2. The highest BCUT2D eigenvalue weighted by molar-refractivity contribution is 5.81. The topological polar surface area (TPSA) is 113 Å². The van der Waals surface area contributed by atoms with Gasteiger partial charge in [-0.25, -0.2) is 4.98 Å². The predicted octanol–water partition coefficient (Wildman–Crippen LogP) is 0.635. The Morgan fingerprint density at radius 3 is 2.71 bits per heavy atom. The number of carbonyl (C=O) groups is 1. The zero-order chi connectivity index (χ0) is 16.0. The van der Waals surface area contributed by atoms with Crippen LogP contribution in [0, 0.1) is 16.0 Å². The van der Waals surface area contributed by atoms with Gasteiger partial charge in [-0.2, -0.15) is 4.98 Å². The van der Waals surface area contributed by atoms with Crippen LogP contribution in [0.4, 0.5) is 17.5 Å². The lowest BCUT2D eigenvalue weighted by atomic mass is 10.2. The summed E-state index contributed by atoms with van der Waals surface area (Å²) in [5.41, 5.74) is -0.242. The van der Waals surface area contributed by atoms with E-state index in [2.05, 4.69) is 20.6 Å². The monoisotopic (exact) mass is 296 g/mol. The highest BCUT2D eigenvalue weighted by atomic mass is 16.6. The van der Waals surface area contributed by atoms with E-state index in [0.717, 1.165) is 6.20 Å². The highest BCUT2D eigenvalue weighted by Gasteiger charge is 2.22. The Bertz CT molecular complexity index is 520. The molecule has 0 fully saturated rings. The first-order chi connectivity index (χ1) is 9.85. The minimum absolute atomic E-state index is 0.0201. The molecule has 116 valence electrons. The Hall–Kier alpha value is -2.45. The Balaban J connectivity index is 2.87. The lowest BCUT2D eigenvalue weighted by molar-refractivity contribution is -0.384.